The highest BCUT2D eigenvalue weighted by Crippen LogP contribution is 2.29. The van der Waals surface area contributed by atoms with Crippen molar-refractivity contribution in [3.8, 4) is 0 Å². The Morgan fingerprint density at radius 2 is 1.37 bits per heavy atom. The van der Waals surface area contributed by atoms with Gasteiger partial charge in [-0.2, -0.15) is 0 Å². The number of nitrogens with zero attached hydrogens (tertiary/aromatic N) is 2. The molecule has 0 bridgehead atoms. The van der Waals surface area contributed by atoms with Gasteiger partial charge in [0, 0.05) is 37.6 Å². The van der Waals surface area contributed by atoms with Crippen molar-refractivity contribution in [2.24, 2.45) is 0 Å². The van der Waals surface area contributed by atoms with Gasteiger partial charge in [-0.05, 0) is 74.7 Å². The van der Waals surface area contributed by atoms with E-state index in [4.69, 9.17) is 0 Å². The lowest BCUT2D eigenvalue weighted by Gasteiger charge is -2.37. The molecule has 8 heteroatoms. The van der Waals surface area contributed by atoms with Gasteiger partial charge in [-0.25, -0.2) is 13.2 Å². The van der Waals surface area contributed by atoms with Gasteiger partial charge < -0.3 is 14.9 Å². The number of carbonyl (C=O) groups is 1. The summed E-state index contributed by atoms with van der Waals surface area (Å²) in [5.74, 6) is -1.18. The lowest BCUT2D eigenvalue weighted by atomic mass is 10.1. The van der Waals surface area contributed by atoms with Crippen LogP contribution < -0.4 is 14.5 Å². The van der Waals surface area contributed by atoms with E-state index in [9.17, 15) is 18.3 Å². The summed E-state index contributed by atoms with van der Waals surface area (Å²) in [5.41, 5.74) is 5.35. The molecule has 1 fully saturated rings. The van der Waals surface area contributed by atoms with Crippen LogP contribution >= 0.6 is 0 Å². The number of aryl methyl sites for hydroxylation is 4. The minimum Gasteiger partial charge on any atom is -0.478 e. The first-order valence-corrected chi connectivity index (χ1v) is 13.1. The van der Waals surface area contributed by atoms with E-state index in [0.29, 0.717) is 11.1 Å². The number of aromatic carboxylic acids is 1. The van der Waals surface area contributed by atoms with Crippen molar-refractivity contribution in [3.63, 3.8) is 0 Å². The molecule has 1 saturated heterocycles. The van der Waals surface area contributed by atoms with Crippen LogP contribution in [0.2, 0.25) is 0 Å². The minimum atomic E-state index is -3.96. The Hall–Kier alpha value is -3.52. The Morgan fingerprint density at radius 1 is 0.800 bits per heavy atom. The van der Waals surface area contributed by atoms with Crippen molar-refractivity contribution in [2.75, 3.05) is 40.7 Å². The second kappa shape index (κ2) is 9.62. The molecular weight excluding hydrogens is 462 g/mol. The standard InChI is InChI=1S/C27H31N3O4S/c1-18-6-5-7-22(16-18)29-10-12-30(13-11-29)23-8-9-25(24(17-23)27(31)32)28-35(33,34)26-20(3)14-19(2)15-21(26)4/h5-9,14-17,28H,10-13H2,1-4H3,(H,31,32). The summed E-state index contributed by atoms with van der Waals surface area (Å²) < 4.78 is 28.9. The minimum absolute atomic E-state index is 0.0546. The van der Waals surface area contributed by atoms with Gasteiger partial charge >= 0.3 is 5.97 Å². The Kier molecular flexibility index (Phi) is 6.76. The molecule has 7 nitrogen and oxygen atoms in total. The fourth-order valence-electron chi connectivity index (χ4n) is 4.83. The molecule has 0 unspecified atom stereocenters. The van der Waals surface area contributed by atoms with E-state index < -0.39 is 16.0 Å². The van der Waals surface area contributed by atoms with Crippen LogP contribution in [0.5, 0.6) is 0 Å². The third-order valence-corrected chi connectivity index (χ3v) is 8.03. The number of anilines is 3. The number of hydrogen-bond donors (Lipinski definition) is 2. The third-order valence-electron chi connectivity index (χ3n) is 6.36. The number of benzene rings is 3. The lowest BCUT2D eigenvalue weighted by Crippen LogP contribution is -2.46. The first kappa shape index (κ1) is 24.6. The number of sulfonamides is 1. The number of nitrogens with one attached hydrogen (secondary N) is 1. The molecule has 3 aromatic carbocycles. The molecule has 0 radical (unpaired) electrons. The molecule has 0 aliphatic carbocycles. The molecule has 184 valence electrons. The van der Waals surface area contributed by atoms with Crippen LogP contribution in [0, 0.1) is 27.7 Å². The zero-order valence-corrected chi connectivity index (χ0v) is 21.3. The topological polar surface area (TPSA) is 90.0 Å². The number of piperazine rings is 1. The SMILES string of the molecule is Cc1cccc(N2CCN(c3ccc(NS(=O)(=O)c4c(C)cc(C)cc4C)c(C(=O)O)c3)CC2)c1. The van der Waals surface area contributed by atoms with E-state index >= 15 is 0 Å². The van der Waals surface area contributed by atoms with Crippen LogP contribution in [0.1, 0.15) is 32.6 Å². The van der Waals surface area contributed by atoms with Crippen LogP contribution in [0.4, 0.5) is 17.1 Å². The smallest absolute Gasteiger partial charge is 0.337 e. The number of hydrogen-bond acceptors (Lipinski definition) is 5. The molecule has 2 N–H and O–H groups in total. The lowest BCUT2D eigenvalue weighted by molar-refractivity contribution is 0.0698. The first-order valence-electron chi connectivity index (χ1n) is 11.6. The molecule has 1 heterocycles. The number of carboxylic acid groups (broad SMARTS) is 1. The van der Waals surface area contributed by atoms with Crippen molar-refractivity contribution in [1.29, 1.82) is 0 Å². The summed E-state index contributed by atoms with van der Waals surface area (Å²) in [4.78, 5) is 16.7. The third kappa shape index (κ3) is 5.27. The predicted molar refractivity (Wildman–Crippen MR) is 140 cm³/mol. The molecule has 0 aromatic heterocycles. The maximum atomic E-state index is 13.2. The Balaban J connectivity index is 1.56. The van der Waals surface area contributed by atoms with Crippen molar-refractivity contribution in [3.05, 3.63) is 82.4 Å². The monoisotopic (exact) mass is 493 g/mol. The van der Waals surface area contributed by atoms with Gasteiger partial charge in [0.25, 0.3) is 10.0 Å². The van der Waals surface area contributed by atoms with Crippen LogP contribution in [0.3, 0.4) is 0 Å². The van der Waals surface area contributed by atoms with E-state index in [1.165, 1.54) is 11.3 Å². The zero-order chi connectivity index (χ0) is 25.3. The van der Waals surface area contributed by atoms with Gasteiger partial charge in [-0.1, -0.05) is 29.8 Å². The Morgan fingerprint density at radius 3 is 1.91 bits per heavy atom. The normalized spacial score (nSPS) is 14.2. The summed E-state index contributed by atoms with van der Waals surface area (Å²) in [6, 6.07) is 16.9. The fourth-order valence-corrected chi connectivity index (χ4v) is 6.36. The van der Waals surface area contributed by atoms with E-state index in [1.54, 1.807) is 44.2 Å². The molecule has 4 rings (SSSR count). The summed E-state index contributed by atoms with van der Waals surface area (Å²) in [5, 5.41) is 9.86. The summed E-state index contributed by atoms with van der Waals surface area (Å²) in [7, 11) is -3.96. The molecule has 3 aromatic rings. The average molecular weight is 494 g/mol. The van der Waals surface area contributed by atoms with Crippen molar-refractivity contribution in [1.82, 2.24) is 0 Å². The van der Waals surface area contributed by atoms with E-state index in [1.807, 2.05) is 6.92 Å². The molecule has 0 saturated carbocycles. The number of rotatable bonds is 6. The summed E-state index contributed by atoms with van der Waals surface area (Å²) >= 11 is 0. The molecule has 0 atom stereocenters. The van der Waals surface area contributed by atoms with Gasteiger partial charge in [-0.15, -0.1) is 0 Å². The molecule has 0 spiro atoms. The first-order chi connectivity index (χ1) is 16.5. The quantitative estimate of drug-likeness (QED) is 0.515. The second-order valence-electron chi connectivity index (χ2n) is 9.18. The van der Waals surface area contributed by atoms with E-state index in [2.05, 4.69) is 45.7 Å². The Bertz CT molecular complexity index is 1350. The van der Waals surface area contributed by atoms with Gasteiger partial charge in [0.2, 0.25) is 0 Å². The zero-order valence-electron chi connectivity index (χ0n) is 20.5. The van der Waals surface area contributed by atoms with Gasteiger partial charge in [-0.3, -0.25) is 4.72 Å². The maximum absolute atomic E-state index is 13.2. The summed E-state index contributed by atoms with van der Waals surface area (Å²) in [6.45, 7) is 10.6. The van der Waals surface area contributed by atoms with Crippen LogP contribution in [0.15, 0.2) is 59.5 Å². The van der Waals surface area contributed by atoms with Crippen LogP contribution in [-0.2, 0) is 10.0 Å². The molecule has 35 heavy (non-hydrogen) atoms. The fraction of sp³-hybridized carbons (Fsp3) is 0.296. The molecule has 1 aliphatic rings. The molecule has 0 amide bonds. The highest BCUT2D eigenvalue weighted by molar-refractivity contribution is 7.92. The Labute approximate surface area is 207 Å². The maximum Gasteiger partial charge on any atom is 0.337 e. The van der Waals surface area contributed by atoms with Crippen molar-refractivity contribution >= 4 is 33.1 Å². The largest absolute Gasteiger partial charge is 0.478 e. The summed E-state index contributed by atoms with van der Waals surface area (Å²) in [6.07, 6.45) is 0. The molecular formula is C27H31N3O4S. The van der Waals surface area contributed by atoms with E-state index in [0.717, 1.165) is 37.4 Å². The van der Waals surface area contributed by atoms with Crippen molar-refractivity contribution in [2.45, 2.75) is 32.6 Å². The number of carboxylic acids is 1. The van der Waals surface area contributed by atoms with Crippen LogP contribution in [0.25, 0.3) is 0 Å². The van der Waals surface area contributed by atoms with Crippen LogP contribution in [-0.4, -0.2) is 45.7 Å². The highest BCUT2D eigenvalue weighted by atomic mass is 32.2. The predicted octanol–water partition coefficient (Wildman–Crippen LogP) is 4.75. The van der Waals surface area contributed by atoms with E-state index in [-0.39, 0.29) is 16.1 Å². The van der Waals surface area contributed by atoms with Crippen molar-refractivity contribution < 1.29 is 18.3 Å². The van der Waals surface area contributed by atoms with Gasteiger partial charge in [0.05, 0.1) is 16.1 Å². The van der Waals surface area contributed by atoms with Gasteiger partial charge in [0.1, 0.15) is 0 Å². The van der Waals surface area contributed by atoms with Gasteiger partial charge in [0.15, 0.2) is 0 Å². The second-order valence-corrected chi connectivity index (χ2v) is 10.8. The average Bonchev–Trinajstić information content (AvgIpc) is 2.78. The molecule has 1 aliphatic heterocycles. The highest BCUT2D eigenvalue weighted by Gasteiger charge is 2.24.